The fourth-order valence-electron chi connectivity index (χ4n) is 3.90. The molecule has 2 aromatic carbocycles. The molecule has 0 bridgehead atoms. The van der Waals surface area contributed by atoms with E-state index in [1.807, 2.05) is 41.0 Å². The number of fused-ring (bicyclic) bond motifs is 3. The Morgan fingerprint density at radius 2 is 1.90 bits per heavy atom. The fraction of sp³-hybridized carbons (Fsp3) is 0.318. The molecule has 30 heavy (non-hydrogen) atoms. The van der Waals surface area contributed by atoms with E-state index in [1.54, 1.807) is 26.2 Å². The minimum absolute atomic E-state index is 0.186. The molecule has 3 aromatic rings. The van der Waals surface area contributed by atoms with Gasteiger partial charge in [0.2, 0.25) is 11.9 Å². The molecule has 4 rings (SSSR count). The van der Waals surface area contributed by atoms with Crippen LogP contribution in [0.25, 0.3) is 11.0 Å². The number of ether oxygens (including phenoxy) is 2. The molecule has 0 N–H and O–H groups in total. The van der Waals surface area contributed by atoms with E-state index in [1.165, 1.54) is 4.90 Å². The summed E-state index contributed by atoms with van der Waals surface area (Å²) in [5.41, 5.74) is 2.35. The molecule has 2 atom stereocenters. The van der Waals surface area contributed by atoms with Crippen molar-refractivity contribution in [2.75, 3.05) is 31.8 Å². The molecular formula is C22H22ClN3O4. The number of esters is 1. The van der Waals surface area contributed by atoms with Crippen LogP contribution in [0.2, 0.25) is 5.02 Å². The van der Waals surface area contributed by atoms with E-state index in [0.29, 0.717) is 17.6 Å². The van der Waals surface area contributed by atoms with Crippen LogP contribution < -0.4 is 4.90 Å². The van der Waals surface area contributed by atoms with Crippen LogP contribution in [0.3, 0.4) is 0 Å². The normalized spacial score (nSPS) is 18.5. The first-order chi connectivity index (χ1) is 14.6. The summed E-state index contributed by atoms with van der Waals surface area (Å²) in [7, 11) is 1.57. The highest BCUT2D eigenvalue weighted by Crippen LogP contribution is 2.41. The van der Waals surface area contributed by atoms with Crippen molar-refractivity contribution >= 4 is 40.5 Å². The number of carbonyl (C=O) groups excluding carboxylic acids is 2. The number of imidazole rings is 1. The summed E-state index contributed by atoms with van der Waals surface area (Å²) < 4.78 is 12.4. The van der Waals surface area contributed by atoms with Gasteiger partial charge in [0.15, 0.2) is 5.92 Å². The second-order valence-electron chi connectivity index (χ2n) is 6.98. The lowest BCUT2D eigenvalue weighted by Gasteiger charge is -2.37. The molecular weight excluding hydrogens is 406 g/mol. The number of aromatic nitrogens is 2. The maximum absolute atomic E-state index is 13.5. The highest BCUT2D eigenvalue weighted by molar-refractivity contribution is 6.30. The van der Waals surface area contributed by atoms with Gasteiger partial charge in [-0.25, -0.2) is 4.98 Å². The lowest BCUT2D eigenvalue weighted by Crippen LogP contribution is -2.51. The monoisotopic (exact) mass is 427 g/mol. The predicted molar refractivity (Wildman–Crippen MR) is 114 cm³/mol. The summed E-state index contributed by atoms with van der Waals surface area (Å²) >= 11 is 6.08. The highest BCUT2D eigenvalue weighted by Gasteiger charge is 2.47. The quantitative estimate of drug-likeness (QED) is 0.445. The van der Waals surface area contributed by atoms with Gasteiger partial charge in [-0.15, -0.1) is 0 Å². The van der Waals surface area contributed by atoms with E-state index < -0.39 is 17.9 Å². The Labute approximate surface area is 179 Å². The van der Waals surface area contributed by atoms with E-state index in [-0.39, 0.29) is 19.1 Å². The second kappa shape index (κ2) is 8.45. The van der Waals surface area contributed by atoms with Crippen LogP contribution in [0.4, 0.5) is 5.95 Å². The third kappa shape index (κ3) is 3.44. The van der Waals surface area contributed by atoms with Gasteiger partial charge in [-0.05, 0) is 36.8 Å². The molecule has 156 valence electrons. The van der Waals surface area contributed by atoms with Crippen molar-refractivity contribution in [3.8, 4) is 0 Å². The topological polar surface area (TPSA) is 73.7 Å². The smallest absolute Gasteiger partial charge is 0.321 e. The molecule has 0 saturated heterocycles. The van der Waals surface area contributed by atoms with Gasteiger partial charge in [0.05, 0.1) is 36.8 Å². The van der Waals surface area contributed by atoms with E-state index >= 15 is 0 Å². The van der Waals surface area contributed by atoms with Crippen LogP contribution in [0.5, 0.6) is 0 Å². The number of rotatable bonds is 6. The van der Waals surface area contributed by atoms with Gasteiger partial charge in [-0.1, -0.05) is 35.9 Å². The summed E-state index contributed by atoms with van der Waals surface area (Å²) in [6.45, 7) is 2.51. The Morgan fingerprint density at radius 1 is 1.17 bits per heavy atom. The van der Waals surface area contributed by atoms with Gasteiger partial charge < -0.3 is 14.0 Å². The molecule has 1 amide bonds. The fourth-order valence-corrected chi connectivity index (χ4v) is 4.03. The van der Waals surface area contributed by atoms with Gasteiger partial charge in [-0.3, -0.25) is 14.5 Å². The van der Waals surface area contributed by atoms with Gasteiger partial charge in [0, 0.05) is 12.1 Å². The van der Waals surface area contributed by atoms with Crippen molar-refractivity contribution < 1.29 is 19.1 Å². The molecule has 8 heteroatoms. The van der Waals surface area contributed by atoms with E-state index in [2.05, 4.69) is 0 Å². The summed E-state index contributed by atoms with van der Waals surface area (Å²) in [6, 6.07) is 14.2. The van der Waals surface area contributed by atoms with Crippen molar-refractivity contribution in [2.24, 2.45) is 5.92 Å². The standard InChI is InChI=1S/C22H22ClN3O4/c1-3-30-21(28)18-19(14-8-10-15(23)11-9-14)26-17-7-5-4-6-16(17)24-22(26)25(20(18)27)12-13-29-2/h4-11,18-19H,3,12-13H2,1-2H3/t18-,19-/m0/s1. The molecule has 1 aliphatic rings. The number of hydrogen-bond acceptors (Lipinski definition) is 5. The number of amides is 1. The van der Waals surface area contributed by atoms with E-state index in [4.69, 9.17) is 26.1 Å². The minimum atomic E-state index is -1.05. The molecule has 0 aliphatic carbocycles. The Bertz CT molecular complexity index is 1080. The minimum Gasteiger partial charge on any atom is -0.465 e. The van der Waals surface area contributed by atoms with Crippen LogP contribution >= 0.6 is 11.6 Å². The molecule has 0 unspecified atom stereocenters. The first-order valence-electron chi connectivity index (χ1n) is 9.76. The molecule has 7 nitrogen and oxygen atoms in total. The van der Waals surface area contributed by atoms with Crippen LogP contribution in [0.15, 0.2) is 48.5 Å². The molecule has 1 aromatic heterocycles. The van der Waals surface area contributed by atoms with Crippen molar-refractivity contribution in [3.05, 3.63) is 59.1 Å². The van der Waals surface area contributed by atoms with Crippen LogP contribution in [-0.2, 0) is 19.1 Å². The predicted octanol–water partition coefficient (Wildman–Crippen LogP) is 3.45. The van der Waals surface area contributed by atoms with E-state index in [0.717, 1.165) is 16.6 Å². The van der Waals surface area contributed by atoms with E-state index in [9.17, 15) is 9.59 Å². The van der Waals surface area contributed by atoms with Crippen LogP contribution in [-0.4, -0.2) is 48.3 Å². The Hall–Kier alpha value is -2.90. The number of anilines is 1. The Kier molecular flexibility index (Phi) is 5.74. The summed E-state index contributed by atoms with van der Waals surface area (Å²) in [5.74, 6) is -1.48. The third-order valence-electron chi connectivity index (χ3n) is 5.22. The molecule has 2 heterocycles. The van der Waals surface area contributed by atoms with Gasteiger partial charge >= 0.3 is 5.97 Å². The molecule has 1 aliphatic heterocycles. The maximum atomic E-state index is 13.5. The maximum Gasteiger partial charge on any atom is 0.321 e. The number of benzene rings is 2. The summed E-state index contributed by atoms with van der Waals surface area (Å²) in [6.07, 6.45) is 0. The molecule has 0 saturated carbocycles. The van der Waals surface area contributed by atoms with Crippen molar-refractivity contribution in [3.63, 3.8) is 0 Å². The zero-order chi connectivity index (χ0) is 21.3. The molecule has 0 spiro atoms. The number of halogens is 1. The number of para-hydroxylation sites is 2. The number of methoxy groups -OCH3 is 1. The Morgan fingerprint density at radius 3 is 2.60 bits per heavy atom. The van der Waals surface area contributed by atoms with Crippen molar-refractivity contribution in [1.82, 2.24) is 9.55 Å². The van der Waals surface area contributed by atoms with Crippen molar-refractivity contribution in [1.29, 1.82) is 0 Å². The molecule has 0 radical (unpaired) electrons. The number of nitrogens with zero attached hydrogens (tertiary/aromatic N) is 3. The Balaban J connectivity index is 1.97. The lowest BCUT2D eigenvalue weighted by molar-refractivity contribution is -0.153. The lowest BCUT2D eigenvalue weighted by atomic mass is 9.89. The number of carbonyl (C=O) groups is 2. The summed E-state index contributed by atoms with van der Waals surface area (Å²) in [5, 5.41) is 0.575. The number of hydrogen-bond donors (Lipinski definition) is 0. The zero-order valence-electron chi connectivity index (χ0n) is 16.7. The molecule has 0 fully saturated rings. The largest absolute Gasteiger partial charge is 0.465 e. The van der Waals surface area contributed by atoms with Gasteiger partial charge in [0.25, 0.3) is 0 Å². The second-order valence-corrected chi connectivity index (χ2v) is 7.42. The average Bonchev–Trinajstić information content (AvgIpc) is 3.12. The van der Waals surface area contributed by atoms with Crippen molar-refractivity contribution in [2.45, 2.75) is 13.0 Å². The first kappa shape index (κ1) is 20.4. The summed E-state index contributed by atoms with van der Waals surface area (Å²) in [4.78, 5) is 32.7. The highest BCUT2D eigenvalue weighted by atomic mass is 35.5. The van der Waals surface area contributed by atoms with Gasteiger partial charge in [-0.2, -0.15) is 0 Å². The third-order valence-corrected chi connectivity index (χ3v) is 5.47. The first-order valence-corrected chi connectivity index (χ1v) is 10.1. The average molecular weight is 428 g/mol. The van der Waals surface area contributed by atoms with Gasteiger partial charge in [0.1, 0.15) is 0 Å². The van der Waals surface area contributed by atoms with Crippen LogP contribution in [0.1, 0.15) is 18.5 Å². The zero-order valence-corrected chi connectivity index (χ0v) is 17.5. The SMILES string of the molecule is CCOC(=O)[C@@H]1C(=O)N(CCOC)c2nc3ccccc3n2[C@H]1c1ccc(Cl)cc1. The van der Waals surface area contributed by atoms with Crippen LogP contribution in [0, 0.1) is 5.92 Å².